The summed E-state index contributed by atoms with van der Waals surface area (Å²) in [7, 11) is -4.06. The number of benzene rings is 1. The van der Waals surface area contributed by atoms with Gasteiger partial charge in [-0.15, -0.1) is 0 Å². The summed E-state index contributed by atoms with van der Waals surface area (Å²) < 4.78 is 42.2. The Morgan fingerprint density at radius 2 is 1.90 bits per heavy atom. The fraction of sp³-hybridized carbons (Fsp3) is 0.421. The number of esters is 1. The van der Waals surface area contributed by atoms with Gasteiger partial charge in [-0.25, -0.2) is 4.79 Å². The van der Waals surface area contributed by atoms with Gasteiger partial charge in [0, 0.05) is 25.1 Å². The maximum atomic E-state index is 12.4. The molecule has 0 aliphatic carbocycles. The minimum Gasteiger partial charge on any atom is -0.460 e. The van der Waals surface area contributed by atoms with Crippen molar-refractivity contribution in [1.82, 2.24) is 9.55 Å². The van der Waals surface area contributed by atoms with Crippen LogP contribution in [0, 0.1) is 13.8 Å². The normalized spacial score (nSPS) is 21.5. The third kappa shape index (κ3) is 4.86. The molecule has 3 rings (SSSR count). The lowest BCUT2D eigenvalue weighted by Crippen LogP contribution is -2.33. The Kier molecular flexibility index (Phi) is 6.25. The Hall–Kier alpha value is -2.76. The van der Waals surface area contributed by atoms with Crippen LogP contribution in [0.5, 0.6) is 0 Å². The summed E-state index contributed by atoms with van der Waals surface area (Å²) in [6.45, 7) is 4.16. The van der Waals surface area contributed by atoms with E-state index in [1.807, 2.05) is 6.92 Å². The molecule has 162 valence electrons. The van der Waals surface area contributed by atoms with Gasteiger partial charge >= 0.3 is 11.7 Å². The lowest BCUT2D eigenvalue weighted by molar-refractivity contribution is -0.150. The lowest BCUT2D eigenvalue weighted by Gasteiger charge is -2.18. The molecule has 0 saturated carbocycles. The smallest absolute Gasteiger partial charge is 0.330 e. The van der Waals surface area contributed by atoms with E-state index in [2.05, 4.69) is 4.98 Å². The molecule has 30 heavy (non-hydrogen) atoms. The van der Waals surface area contributed by atoms with Crippen LogP contribution in [-0.2, 0) is 28.6 Å². The van der Waals surface area contributed by atoms with Gasteiger partial charge in [-0.05, 0) is 26.0 Å². The minimum absolute atomic E-state index is 0.0147. The molecule has 3 atom stereocenters. The monoisotopic (exact) mass is 438 g/mol. The molecule has 1 aromatic carbocycles. The number of carbonyl (C=O) groups excluding carboxylic acids is 1. The average molecular weight is 438 g/mol. The summed E-state index contributed by atoms with van der Waals surface area (Å²) in [5, 5.41) is 0. The molecule has 10 nitrogen and oxygen atoms in total. The summed E-state index contributed by atoms with van der Waals surface area (Å²) >= 11 is 0. The summed E-state index contributed by atoms with van der Waals surface area (Å²) in [6.07, 6.45) is -1.21. The van der Waals surface area contributed by atoms with Crippen molar-refractivity contribution in [3.8, 4) is 0 Å². The number of aromatic nitrogens is 2. The number of H-pyrrole nitrogens is 1. The average Bonchev–Trinajstić information content (AvgIpc) is 3.05. The Labute approximate surface area is 172 Å². The quantitative estimate of drug-likeness (QED) is 0.517. The van der Waals surface area contributed by atoms with Crippen molar-refractivity contribution in [2.24, 2.45) is 0 Å². The van der Waals surface area contributed by atoms with Crippen molar-refractivity contribution < 1.29 is 26.9 Å². The topological polar surface area (TPSA) is 134 Å². The highest BCUT2D eigenvalue weighted by Crippen LogP contribution is 2.31. The molecule has 1 aliphatic heterocycles. The molecule has 0 spiro atoms. The molecule has 1 fully saturated rings. The van der Waals surface area contributed by atoms with Crippen LogP contribution in [0.25, 0.3) is 0 Å². The van der Waals surface area contributed by atoms with Crippen molar-refractivity contribution in [2.75, 3.05) is 6.61 Å². The molecule has 2 heterocycles. The van der Waals surface area contributed by atoms with Gasteiger partial charge < -0.3 is 9.47 Å². The summed E-state index contributed by atoms with van der Waals surface area (Å²) in [5.41, 5.74) is -0.0164. The fourth-order valence-electron chi connectivity index (χ4n) is 3.09. The predicted molar refractivity (Wildman–Crippen MR) is 104 cm³/mol. The first-order valence-corrected chi connectivity index (χ1v) is 10.6. The number of hydrogen-bond acceptors (Lipinski definition) is 8. The van der Waals surface area contributed by atoms with Gasteiger partial charge in [0.25, 0.3) is 15.7 Å². The zero-order chi connectivity index (χ0) is 22.1. The minimum atomic E-state index is -4.06. The summed E-state index contributed by atoms with van der Waals surface area (Å²) in [4.78, 5) is 37.3. The highest BCUT2D eigenvalue weighted by atomic mass is 32.2. The van der Waals surface area contributed by atoms with Crippen LogP contribution in [0.4, 0.5) is 0 Å². The van der Waals surface area contributed by atoms with Gasteiger partial charge in [0.05, 0.1) is 11.5 Å². The second-order valence-corrected chi connectivity index (χ2v) is 8.66. The predicted octanol–water partition coefficient (Wildman–Crippen LogP) is 0.778. The van der Waals surface area contributed by atoms with E-state index >= 15 is 0 Å². The summed E-state index contributed by atoms with van der Waals surface area (Å²) in [6, 6.07) is 6.14. The summed E-state index contributed by atoms with van der Waals surface area (Å²) in [5.74, 6) is -0.583. The molecule has 0 bridgehead atoms. The van der Waals surface area contributed by atoms with E-state index in [0.29, 0.717) is 5.56 Å². The van der Waals surface area contributed by atoms with E-state index in [-0.39, 0.29) is 11.3 Å². The zero-order valence-electron chi connectivity index (χ0n) is 16.7. The number of nitrogens with zero attached hydrogens (tertiary/aromatic N) is 1. The number of nitrogens with one attached hydrogen (secondary N) is 1. The molecule has 3 unspecified atom stereocenters. The lowest BCUT2D eigenvalue weighted by atomic mass is 10.2. The van der Waals surface area contributed by atoms with E-state index in [0.717, 1.165) is 5.56 Å². The molecule has 1 N–H and O–H groups in total. The van der Waals surface area contributed by atoms with Crippen molar-refractivity contribution in [1.29, 1.82) is 0 Å². The molecule has 1 saturated heterocycles. The number of aryl methyl sites for hydroxylation is 2. The molecule has 0 amide bonds. The SMILES string of the molecule is CC(=O)OC1CC(n2cc(C)c(=O)[nH]c2=O)OC1COS(=O)(=O)c1ccc(C)cc1. The molecule has 11 heteroatoms. The maximum absolute atomic E-state index is 12.4. The molecule has 2 aromatic rings. The first-order chi connectivity index (χ1) is 14.1. The van der Waals surface area contributed by atoms with Crippen molar-refractivity contribution in [3.05, 3.63) is 62.4 Å². The third-order valence-electron chi connectivity index (χ3n) is 4.65. The molecular formula is C19H22N2O8S. The first kappa shape index (κ1) is 21.9. The van der Waals surface area contributed by atoms with Crippen LogP contribution >= 0.6 is 0 Å². The molecular weight excluding hydrogens is 416 g/mol. The third-order valence-corrected chi connectivity index (χ3v) is 5.95. The van der Waals surface area contributed by atoms with Gasteiger partial charge in [-0.2, -0.15) is 8.42 Å². The highest BCUT2D eigenvalue weighted by molar-refractivity contribution is 7.86. The maximum Gasteiger partial charge on any atom is 0.330 e. The van der Waals surface area contributed by atoms with Crippen LogP contribution in [-0.4, -0.2) is 42.8 Å². The number of hydrogen-bond donors (Lipinski definition) is 1. The zero-order valence-corrected chi connectivity index (χ0v) is 17.5. The Balaban J connectivity index is 1.79. The van der Waals surface area contributed by atoms with Crippen LogP contribution in [0.2, 0.25) is 0 Å². The van der Waals surface area contributed by atoms with Gasteiger partial charge in [-0.1, -0.05) is 17.7 Å². The number of rotatable bonds is 6. The second-order valence-electron chi connectivity index (χ2n) is 7.04. The van der Waals surface area contributed by atoms with Crippen LogP contribution in [0.3, 0.4) is 0 Å². The van der Waals surface area contributed by atoms with Gasteiger partial charge in [0.1, 0.15) is 18.4 Å². The van der Waals surface area contributed by atoms with E-state index in [4.69, 9.17) is 13.7 Å². The standard InChI is InChI=1S/C19H22N2O8S/c1-11-4-6-14(7-5-11)30(25,26)27-10-16-15(28-13(3)22)8-17(29-16)21-9-12(2)18(23)20-19(21)24/h4-7,9,15-17H,8,10H2,1-3H3,(H,20,23,24). The van der Waals surface area contributed by atoms with Crippen LogP contribution in [0.15, 0.2) is 44.9 Å². The van der Waals surface area contributed by atoms with E-state index in [1.165, 1.54) is 36.7 Å². The number of aromatic amines is 1. The largest absolute Gasteiger partial charge is 0.460 e. The molecule has 0 radical (unpaired) electrons. The van der Waals surface area contributed by atoms with Crippen molar-refractivity contribution in [3.63, 3.8) is 0 Å². The fourth-order valence-corrected chi connectivity index (χ4v) is 4.01. The van der Waals surface area contributed by atoms with Crippen LogP contribution in [0.1, 0.15) is 30.7 Å². The van der Waals surface area contributed by atoms with Gasteiger partial charge in [0.2, 0.25) is 0 Å². The van der Waals surface area contributed by atoms with Gasteiger partial charge in [0.15, 0.2) is 0 Å². The van der Waals surface area contributed by atoms with Crippen LogP contribution < -0.4 is 11.2 Å². The number of ether oxygens (including phenoxy) is 2. The Bertz CT molecular complexity index is 1150. The van der Waals surface area contributed by atoms with Crippen molar-refractivity contribution >= 4 is 16.1 Å². The van der Waals surface area contributed by atoms with E-state index < -0.39 is 52.4 Å². The van der Waals surface area contributed by atoms with Gasteiger partial charge in [-0.3, -0.25) is 23.3 Å². The highest BCUT2D eigenvalue weighted by Gasteiger charge is 2.40. The van der Waals surface area contributed by atoms with E-state index in [1.54, 1.807) is 12.1 Å². The number of carbonyl (C=O) groups is 1. The molecule has 1 aromatic heterocycles. The Morgan fingerprint density at radius 1 is 1.23 bits per heavy atom. The first-order valence-electron chi connectivity index (χ1n) is 9.17. The van der Waals surface area contributed by atoms with Crippen molar-refractivity contribution in [2.45, 2.75) is 50.5 Å². The Morgan fingerprint density at radius 3 is 2.53 bits per heavy atom. The molecule has 1 aliphatic rings. The second kappa shape index (κ2) is 8.54. The van der Waals surface area contributed by atoms with E-state index in [9.17, 15) is 22.8 Å².